The summed E-state index contributed by atoms with van der Waals surface area (Å²) in [6.45, 7) is 3.30. The summed E-state index contributed by atoms with van der Waals surface area (Å²) < 4.78 is 0. The van der Waals surface area contributed by atoms with Crippen molar-refractivity contribution in [2.24, 2.45) is 5.73 Å². The second kappa shape index (κ2) is 2.54. The van der Waals surface area contributed by atoms with E-state index in [4.69, 9.17) is 5.73 Å². The van der Waals surface area contributed by atoms with Crippen molar-refractivity contribution in [2.75, 3.05) is 0 Å². The zero-order valence-corrected chi connectivity index (χ0v) is 2.44. The Hall–Kier alpha value is -0.460. The molecule has 0 aromatic rings. The number of allylic oxidation sites excluding steroid dienone is 1. The minimum atomic E-state index is 1.39. The summed E-state index contributed by atoms with van der Waals surface area (Å²) in [7, 11) is 0. The fraction of sp³-hybridized carbons (Fsp3) is 0. The molecule has 0 heterocycles. The summed E-state index contributed by atoms with van der Waals surface area (Å²) in [5.41, 5.74) is 4.78. The van der Waals surface area contributed by atoms with Crippen molar-refractivity contribution in [1.82, 2.24) is 0 Å². The summed E-state index contributed by atoms with van der Waals surface area (Å²) >= 11 is 0. The summed E-state index contributed by atoms with van der Waals surface area (Å²) in [4.78, 5) is 0. The van der Waals surface area contributed by atoms with Gasteiger partial charge in [-0.15, -0.1) is 0 Å². The van der Waals surface area contributed by atoms with Crippen LogP contribution in [0.3, 0.4) is 0 Å². The largest absolute Gasteiger partial charge is 0.405 e. The predicted octanol–water partition coefficient (Wildman–Crippen LogP) is 0.293. The Balaban J connectivity index is 2.55. The van der Waals surface area contributed by atoms with Crippen LogP contribution < -0.4 is 5.73 Å². The second-order valence-corrected chi connectivity index (χ2v) is 0.428. The Bertz CT molecular complexity index is 18.5. The van der Waals surface area contributed by atoms with E-state index >= 15 is 0 Å². The zero-order chi connectivity index (χ0) is 3.41. The van der Waals surface area contributed by atoms with Crippen molar-refractivity contribution in [3.63, 3.8) is 0 Å². The molecule has 0 amide bonds. The molecule has 0 saturated carbocycles. The molecule has 0 atom stereocenters. The average Bonchev–Trinajstić information content (AvgIpc) is 1.37. The minimum Gasteiger partial charge on any atom is -0.405 e. The van der Waals surface area contributed by atoms with Gasteiger partial charge in [-0.2, -0.15) is 0 Å². The van der Waals surface area contributed by atoms with Crippen molar-refractivity contribution in [1.29, 1.82) is 0 Å². The molecule has 2 N–H and O–H groups in total. The number of nitrogens with two attached hydrogens (primary N) is 1. The highest BCUT2D eigenvalue weighted by molar-refractivity contribution is 4.76. The number of hydrogen-bond donors (Lipinski definition) is 1. The molecule has 0 fully saturated rings. The van der Waals surface area contributed by atoms with Crippen LogP contribution in [0.25, 0.3) is 0 Å². The van der Waals surface area contributed by atoms with Gasteiger partial charge in [-0.25, -0.2) is 0 Å². The van der Waals surface area contributed by atoms with Crippen LogP contribution in [-0.2, 0) is 0 Å². The summed E-state index contributed by atoms with van der Waals surface area (Å²) in [5, 5.41) is 0. The van der Waals surface area contributed by atoms with Gasteiger partial charge >= 0.3 is 0 Å². The molecule has 1 nitrogen and oxygen atoms in total. The lowest BCUT2D eigenvalue weighted by molar-refractivity contribution is 1.61. The van der Waals surface area contributed by atoms with Crippen LogP contribution >= 0.6 is 0 Å². The monoisotopic (exact) mass is 56.1 g/mol. The Morgan fingerprint density at radius 2 is 2.00 bits per heavy atom. The second-order valence-electron chi connectivity index (χ2n) is 0.428. The first-order chi connectivity index (χ1) is 1.91. The fourth-order valence-corrected chi connectivity index (χ4v) is 0. The first-order valence-corrected chi connectivity index (χ1v) is 1.07. The maximum Gasteiger partial charge on any atom is -0.0103 e. The molecular weight excluding hydrogens is 50.0 g/mol. The van der Waals surface area contributed by atoms with Gasteiger partial charge in [-0.3, -0.25) is 0 Å². The third-order valence-corrected chi connectivity index (χ3v) is 0.136. The predicted molar refractivity (Wildman–Crippen MR) is 18.7 cm³/mol. The lowest BCUT2D eigenvalue weighted by atomic mass is 10.7. The van der Waals surface area contributed by atoms with Gasteiger partial charge < -0.3 is 5.73 Å². The van der Waals surface area contributed by atoms with Gasteiger partial charge in [0.1, 0.15) is 0 Å². The van der Waals surface area contributed by atoms with Crippen molar-refractivity contribution in [3.05, 3.63) is 19.2 Å². The molecule has 0 aromatic carbocycles. The summed E-state index contributed by atoms with van der Waals surface area (Å²) in [5.74, 6) is 0. The smallest absolute Gasteiger partial charge is 0.0103 e. The van der Waals surface area contributed by atoms with Gasteiger partial charge in [-0.1, -0.05) is 6.08 Å². The van der Waals surface area contributed by atoms with E-state index in [0.29, 0.717) is 0 Å². The topological polar surface area (TPSA) is 26.0 Å². The van der Waals surface area contributed by atoms with Gasteiger partial charge in [0.15, 0.2) is 0 Å². The van der Waals surface area contributed by atoms with E-state index in [1.165, 1.54) is 12.3 Å². The van der Waals surface area contributed by atoms with Crippen LogP contribution in [0.1, 0.15) is 0 Å². The highest BCUT2D eigenvalue weighted by atomic mass is 14.5. The highest BCUT2D eigenvalue weighted by Gasteiger charge is 1.33. The molecular formula is C3H6N. The maximum absolute atomic E-state index is 4.78. The van der Waals surface area contributed by atoms with Crippen molar-refractivity contribution in [3.8, 4) is 0 Å². The van der Waals surface area contributed by atoms with Crippen LogP contribution in [-0.4, -0.2) is 0 Å². The highest BCUT2D eigenvalue weighted by Crippen LogP contribution is 1.45. The molecule has 0 aliphatic heterocycles. The van der Waals surface area contributed by atoms with Gasteiger partial charge in [0.2, 0.25) is 0 Å². The lowest BCUT2D eigenvalue weighted by Gasteiger charge is -1.53. The van der Waals surface area contributed by atoms with Gasteiger partial charge in [0.25, 0.3) is 0 Å². The Labute approximate surface area is 26.1 Å². The Kier molecular flexibility index (Phi) is 2.25. The van der Waals surface area contributed by atoms with Gasteiger partial charge in [0.05, 0.1) is 0 Å². The van der Waals surface area contributed by atoms with Crippen LogP contribution in [0.4, 0.5) is 0 Å². The van der Waals surface area contributed by atoms with Crippen molar-refractivity contribution in [2.45, 2.75) is 0 Å². The van der Waals surface area contributed by atoms with E-state index in [1.54, 1.807) is 0 Å². The molecule has 0 saturated heterocycles. The lowest BCUT2D eigenvalue weighted by Crippen LogP contribution is -1.70. The Morgan fingerprint density at radius 3 is 2.00 bits per heavy atom. The third-order valence-electron chi connectivity index (χ3n) is 0.136. The molecule has 0 spiro atoms. The van der Waals surface area contributed by atoms with E-state index in [2.05, 4.69) is 6.92 Å². The van der Waals surface area contributed by atoms with E-state index in [0.717, 1.165) is 0 Å². The quantitative estimate of drug-likeness (QED) is 0.424. The standard InChI is InChI=1S/C3H6N/c1-2-3-4/h2-3H,1,4H2/b3-2+. The average molecular weight is 56.1 g/mol. The molecule has 0 aliphatic rings. The first kappa shape index (κ1) is 3.54. The third kappa shape index (κ3) is 1.54. The molecule has 1 radical (unpaired) electrons. The first-order valence-electron chi connectivity index (χ1n) is 1.07. The Morgan fingerprint density at radius 1 is 1.75 bits per heavy atom. The normalized spacial score (nSPS) is 9.25. The zero-order valence-electron chi connectivity index (χ0n) is 2.44. The molecule has 1 heteroatoms. The maximum atomic E-state index is 4.78. The molecule has 0 unspecified atom stereocenters. The fourth-order valence-electron chi connectivity index (χ4n) is 0. The summed E-state index contributed by atoms with van der Waals surface area (Å²) in [6, 6.07) is 0. The van der Waals surface area contributed by atoms with E-state index < -0.39 is 0 Å². The van der Waals surface area contributed by atoms with Crippen molar-refractivity contribution < 1.29 is 0 Å². The van der Waals surface area contributed by atoms with Crippen LogP contribution in [0, 0.1) is 6.92 Å². The van der Waals surface area contributed by atoms with Crippen molar-refractivity contribution >= 4 is 0 Å². The van der Waals surface area contributed by atoms with Crippen LogP contribution in [0.5, 0.6) is 0 Å². The summed E-state index contributed by atoms with van der Waals surface area (Å²) in [6.07, 6.45) is 2.92. The molecule has 0 aliphatic carbocycles. The van der Waals surface area contributed by atoms with E-state index in [9.17, 15) is 0 Å². The van der Waals surface area contributed by atoms with Gasteiger partial charge in [-0.05, 0) is 13.1 Å². The van der Waals surface area contributed by atoms with Crippen LogP contribution in [0.2, 0.25) is 0 Å². The molecule has 0 aromatic heterocycles. The van der Waals surface area contributed by atoms with E-state index in [1.807, 2.05) is 0 Å². The molecule has 4 heavy (non-hydrogen) atoms. The van der Waals surface area contributed by atoms with E-state index in [-0.39, 0.29) is 0 Å². The van der Waals surface area contributed by atoms with Crippen LogP contribution in [0.15, 0.2) is 12.3 Å². The molecule has 0 bridgehead atoms. The minimum absolute atomic E-state index is 1.39. The number of rotatable bonds is 0. The molecule has 23 valence electrons. The molecule has 0 rings (SSSR count). The SMILES string of the molecule is [CH2]/C=C/N. The van der Waals surface area contributed by atoms with Gasteiger partial charge in [0, 0.05) is 0 Å². The number of hydrogen-bond acceptors (Lipinski definition) is 1.